The summed E-state index contributed by atoms with van der Waals surface area (Å²) in [6, 6.07) is 5.83. The molecule has 0 saturated heterocycles. The van der Waals surface area contributed by atoms with Crippen LogP contribution in [0.15, 0.2) is 24.3 Å². The van der Waals surface area contributed by atoms with Gasteiger partial charge in [-0.3, -0.25) is 4.79 Å². The van der Waals surface area contributed by atoms with Crippen LogP contribution in [0, 0.1) is 5.82 Å². The second-order valence-corrected chi connectivity index (χ2v) is 2.41. The fourth-order valence-electron chi connectivity index (χ4n) is 0.816. The minimum absolute atomic E-state index is 0. The van der Waals surface area contributed by atoms with Gasteiger partial charge in [-0.2, -0.15) is 0 Å². The van der Waals surface area contributed by atoms with Gasteiger partial charge in [-0.1, -0.05) is 13.0 Å². The van der Waals surface area contributed by atoms with Crippen molar-refractivity contribution in [3.8, 4) is 0 Å². The minimum atomic E-state index is -0.344. The van der Waals surface area contributed by atoms with E-state index < -0.39 is 0 Å². The lowest BCUT2D eigenvalue weighted by atomic mass is 10.3. The Labute approximate surface area is 71.9 Å². The molecule has 0 saturated carbocycles. The van der Waals surface area contributed by atoms with E-state index in [9.17, 15) is 9.18 Å². The average molecular weight is 169 g/mol. The maximum Gasteiger partial charge on any atom is 0.224 e. The number of anilines is 1. The first-order chi connectivity index (χ1) is 5.72. The maximum absolute atomic E-state index is 12.6. The summed E-state index contributed by atoms with van der Waals surface area (Å²) < 4.78 is 12.6. The zero-order chi connectivity index (χ0) is 8.97. The molecule has 1 aromatic rings. The quantitative estimate of drug-likeness (QED) is 0.723. The highest BCUT2D eigenvalue weighted by atomic mass is 19.1. The highest BCUT2D eigenvalue weighted by Gasteiger charge is 1.98. The van der Waals surface area contributed by atoms with Crippen LogP contribution in [-0.2, 0) is 4.79 Å². The van der Waals surface area contributed by atoms with Crippen LogP contribution in [0.1, 0.15) is 14.8 Å². The van der Waals surface area contributed by atoms with Crippen LogP contribution < -0.4 is 5.32 Å². The summed E-state index contributed by atoms with van der Waals surface area (Å²) in [6.45, 7) is 1.74. The standard InChI is InChI=1S/C9H10FNO.H2/c1-2-9(12)11-8-5-3-4-7(10)6-8;/h3-6H,2H2,1H3,(H,11,12);1H. The van der Waals surface area contributed by atoms with Crippen molar-refractivity contribution in [1.82, 2.24) is 0 Å². The molecule has 66 valence electrons. The predicted molar refractivity (Wildman–Crippen MR) is 47.4 cm³/mol. The van der Waals surface area contributed by atoms with Gasteiger partial charge in [-0.05, 0) is 18.2 Å². The first kappa shape index (κ1) is 8.71. The number of rotatable bonds is 2. The third kappa shape index (κ3) is 2.34. The molecule has 12 heavy (non-hydrogen) atoms. The molecule has 1 N–H and O–H groups in total. The minimum Gasteiger partial charge on any atom is -0.326 e. The Hall–Kier alpha value is -1.38. The summed E-state index contributed by atoms with van der Waals surface area (Å²) in [7, 11) is 0. The number of hydrogen-bond donors (Lipinski definition) is 1. The fourth-order valence-corrected chi connectivity index (χ4v) is 0.816. The zero-order valence-corrected chi connectivity index (χ0v) is 6.80. The lowest BCUT2D eigenvalue weighted by molar-refractivity contribution is -0.115. The molecule has 1 rings (SSSR count). The SMILES string of the molecule is CCC(=O)Nc1cccc(F)c1.[HH]. The molecule has 2 nitrogen and oxygen atoms in total. The molecule has 0 unspecified atom stereocenters. The first-order valence-corrected chi connectivity index (χ1v) is 3.78. The van der Waals surface area contributed by atoms with Gasteiger partial charge in [0, 0.05) is 13.5 Å². The van der Waals surface area contributed by atoms with Gasteiger partial charge in [-0.25, -0.2) is 4.39 Å². The number of nitrogens with one attached hydrogen (secondary N) is 1. The van der Waals surface area contributed by atoms with Crippen LogP contribution >= 0.6 is 0 Å². The molecule has 0 radical (unpaired) electrons. The molecule has 0 aromatic heterocycles. The third-order valence-electron chi connectivity index (χ3n) is 1.43. The number of hydrogen-bond acceptors (Lipinski definition) is 1. The van der Waals surface area contributed by atoms with Crippen molar-refractivity contribution in [2.45, 2.75) is 13.3 Å². The van der Waals surface area contributed by atoms with Crippen LogP contribution in [-0.4, -0.2) is 5.91 Å². The maximum atomic E-state index is 12.6. The summed E-state index contributed by atoms with van der Waals surface area (Å²) in [5.41, 5.74) is 0.502. The van der Waals surface area contributed by atoms with Gasteiger partial charge in [-0.15, -0.1) is 0 Å². The molecule has 0 atom stereocenters. The number of carbonyl (C=O) groups excluding carboxylic acids is 1. The summed E-state index contributed by atoms with van der Waals surface area (Å²) in [5, 5.41) is 2.55. The van der Waals surface area contributed by atoms with Crippen LogP contribution in [0.5, 0.6) is 0 Å². The Kier molecular flexibility index (Phi) is 2.80. The number of halogens is 1. The predicted octanol–water partition coefficient (Wildman–Crippen LogP) is 2.42. The highest BCUT2D eigenvalue weighted by molar-refractivity contribution is 5.90. The molecule has 0 aliphatic carbocycles. The monoisotopic (exact) mass is 169 g/mol. The van der Waals surface area contributed by atoms with Gasteiger partial charge in [0.15, 0.2) is 0 Å². The molecule has 1 amide bonds. The van der Waals surface area contributed by atoms with Gasteiger partial charge in [0.2, 0.25) is 5.91 Å². The highest BCUT2D eigenvalue weighted by Crippen LogP contribution is 2.08. The third-order valence-corrected chi connectivity index (χ3v) is 1.43. The Morgan fingerprint density at radius 1 is 1.67 bits per heavy atom. The number of amides is 1. The Morgan fingerprint density at radius 3 is 3.00 bits per heavy atom. The van der Waals surface area contributed by atoms with E-state index in [2.05, 4.69) is 5.32 Å². The average Bonchev–Trinajstić information content (AvgIpc) is 2.04. The van der Waals surface area contributed by atoms with Crippen molar-refractivity contribution in [2.75, 3.05) is 5.32 Å². The largest absolute Gasteiger partial charge is 0.326 e. The molecule has 0 aliphatic rings. The van der Waals surface area contributed by atoms with E-state index in [-0.39, 0.29) is 13.2 Å². The van der Waals surface area contributed by atoms with E-state index in [1.807, 2.05) is 0 Å². The molecule has 3 heteroatoms. The fraction of sp³-hybridized carbons (Fsp3) is 0.222. The lowest BCUT2D eigenvalue weighted by Gasteiger charge is -2.01. The van der Waals surface area contributed by atoms with Gasteiger partial charge in [0.1, 0.15) is 5.82 Å². The van der Waals surface area contributed by atoms with Crippen molar-refractivity contribution < 1.29 is 10.6 Å². The Balaban J connectivity index is 0.00000144. The van der Waals surface area contributed by atoms with Gasteiger partial charge >= 0.3 is 0 Å². The number of benzene rings is 1. The van der Waals surface area contributed by atoms with Gasteiger partial charge in [0.05, 0.1) is 0 Å². The second kappa shape index (κ2) is 3.85. The molecular weight excluding hydrogens is 157 g/mol. The van der Waals surface area contributed by atoms with Crippen LogP contribution in [0.4, 0.5) is 10.1 Å². The van der Waals surface area contributed by atoms with Crippen LogP contribution in [0.2, 0.25) is 0 Å². The lowest BCUT2D eigenvalue weighted by Crippen LogP contribution is -2.09. The van der Waals surface area contributed by atoms with Crippen molar-refractivity contribution in [3.63, 3.8) is 0 Å². The van der Waals surface area contributed by atoms with Crippen LogP contribution in [0.25, 0.3) is 0 Å². The van der Waals surface area contributed by atoms with Gasteiger partial charge in [0.25, 0.3) is 0 Å². The Morgan fingerprint density at radius 2 is 2.42 bits per heavy atom. The van der Waals surface area contributed by atoms with Crippen molar-refractivity contribution in [3.05, 3.63) is 30.1 Å². The van der Waals surface area contributed by atoms with E-state index in [1.165, 1.54) is 12.1 Å². The molecule has 0 fully saturated rings. The molecular formula is C9H12FNO. The molecule has 0 aliphatic heterocycles. The summed E-state index contributed by atoms with van der Waals surface area (Å²) in [5.74, 6) is -0.454. The van der Waals surface area contributed by atoms with Crippen LogP contribution in [0.3, 0.4) is 0 Å². The molecule has 1 aromatic carbocycles. The summed E-state index contributed by atoms with van der Waals surface area (Å²) in [6.07, 6.45) is 0.399. The topological polar surface area (TPSA) is 29.1 Å². The second-order valence-electron chi connectivity index (χ2n) is 2.41. The van der Waals surface area contributed by atoms with E-state index in [1.54, 1.807) is 19.1 Å². The Bertz CT molecular complexity index is 291. The van der Waals surface area contributed by atoms with E-state index in [0.29, 0.717) is 12.1 Å². The summed E-state index contributed by atoms with van der Waals surface area (Å²) in [4.78, 5) is 10.9. The van der Waals surface area contributed by atoms with E-state index in [0.717, 1.165) is 0 Å². The number of carbonyl (C=O) groups is 1. The smallest absolute Gasteiger partial charge is 0.224 e. The molecule has 0 heterocycles. The first-order valence-electron chi connectivity index (χ1n) is 3.78. The van der Waals surface area contributed by atoms with Gasteiger partial charge < -0.3 is 5.32 Å². The van der Waals surface area contributed by atoms with E-state index >= 15 is 0 Å². The van der Waals surface area contributed by atoms with Crippen molar-refractivity contribution in [1.29, 1.82) is 0 Å². The zero-order valence-electron chi connectivity index (χ0n) is 6.80. The van der Waals surface area contributed by atoms with Crippen molar-refractivity contribution in [2.24, 2.45) is 0 Å². The van der Waals surface area contributed by atoms with Crippen molar-refractivity contribution >= 4 is 11.6 Å². The normalized spacial score (nSPS) is 9.50. The molecule has 0 bridgehead atoms. The summed E-state index contributed by atoms with van der Waals surface area (Å²) >= 11 is 0. The molecule has 0 spiro atoms. The van der Waals surface area contributed by atoms with E-state index in [4.69, 9.17) is 0 Å².